The van der Waals surface area contributed by atoms with Crippen LogP contribution < -0.4 is 10.2 Å². The number of nitrogens with one attached hydrogen (secondary N) is 1. The molecule has 0 unspecified atom stereocenters. The third kappa shape index (κ3) is 6.55. The summed E-state index contributed by atoms with van der Waals surface area (Å²) >= 11 is 5.34. The van der Waals surface area contributed by atoms with Crippen LogP contribution in [-0.2, 0) is 13.2 Å². The van der Waals surface area contributed by atoms with E-state index in [2.05, 4.69) is 10.5 Å². The van der Waals surface area contributed by atoms with Crippen molar-refractivity contribution in [2.45, 2.75) is 20.1 Å². The van der Waals surface area contributed by atoms with E-state index in [1.54, 1.807) is 30.1 Å². The Kier molecular flexibility index (Phi) is 7.83. The molecule has 0 aliphatic carbocycles. The Hall–Kier alpha value is -3.39. The average molecular weight is 458 g/mol. The van der Waals surface area contributed by atoms with E-state index in [1.807, 2.05) is 25.1 Å². The molecule has 0 heterocycles. The Balaban J connectivity index is 1.53. The highest BCUT2D eigenvalue weighted by molar-refractivity contribution is 7.80. The molecule has 0 atom stereocenters. The zero-order valence-electron chi connectivity index (χ0n) is 17.6. The zero-order chi connectivity index (χ0) is 23.1. The van der Waals surface area contributed by atoms with Crippen molar-refractivity contribution in [3.63, 3.8) is 0 Å². The zero-order valence-corrected chi connectivity index (χ0v) is 18.4. The molecule has 0 saturated heterocycles. The van der Waals surface area contributed by atoms with E-state index in [-0.39, 0.29) is 18.0 Å². The Bertz CT molecular complexity index is 1120. The van der Waals surface area contributed by atoms with E-state index in [0.717, 1.165) is 17.2 Å². The summed E-state index contributed by atoms with van der Waals surface area (Å²) in [4.78, 5) is 1.76. The first kappa shape index (κ1) is 23.3. The molecule has 0 radical (unpaired) electrons. The normalized spacial score (nSPS) is 11.2. The van der Waals surface area contributed by atoms with Crippen molar-refractivity contribution in [2.75, 3.05) is 7.05 Å². The third-order valence-corrected chi connectivity index (χ3v) is 5.06. The highest BCUT2D eigenvalue weighted by atomic mass is 32.1. The molecule has 0 fully saturated rings. The molecule has 0 aromatic heterocycles. The molecule has 3 rings (SSSR count). The van der Waals surface area contributed by atoms with Crippen LogP contribution in [0.1, 0.15) is 23.6 Å². The van der Waals surface area contributed by atoms with Crippen molar-refractivity contribution in [3.8, 4) is 5.75 Å². The predicted molar refractivity (Wildman–Crippen MR) is 123 cm³/mol. The average Bonchev–Trinajstić information content (AvgIpc) is 2.77. The van der Waals surface area contributed by atoms with Gasteiger partial charge in [0.25, 0.3) is 0 Å². The van der Waals surface area contributed by atoms with Gasteiger partial charge in [0.05, 0.1) is 5.71 Å². The molecule has 0 spiro atoms. The fraction of sp³-hybridized carbons (Fsp3) is 0.167. The van der Waals surface area contributed by atoms with Crippen LogP contribution in [-0.4, -0.2) is 22.8 Å². The maximum Gasteiger partial charge on any atom is 0.189 e. The van der Waals surface area contributed by atoms with Crippen molar-refractivity contribution in [3.05, 3.63) is 101 Å². The fourth-order valence-corrected chi connectivity index (χ4v) is 2.96. The number of rotatable bonds is 7. The van der Waals surface area contributed by atoms with Gasteiger partial charge in [0.15, 0.2) is 5.11 Å². The molecular weight excluding hydrogens is 435 g/mol. The first-order chi connectivity index (χ1) is 15.3. The van der Waals surface area contributed by atoms with Crippen LogP contribution in [0, 0.1) is 17.5 Å². The van der Waals surface area contributed by atoms with Gasteiger partial charge in [0.2, 0.25) is 0 Å². The van der Waals surface area contributed by atoms with E-state index in [4.69, 9.17) is 17.0 Å². The standard InChI is InChI=1S/C24H22F3N3OS/c1-16(28-29-24(32)30(2)14-17-4-3-5-20(25)12-17)18-7-10-22(11-8-18)31-15-19-6-9-21(26)13-23(19)27/h3-13H,14-15H2,1-2H3,(H,29,32)/b28-16+. The highest BCUT2D eigenvalue weighted by Crippen LogP contribution is 2.17. The molecule has 1 N–H and O–H groups in total. The van der Waals surface area contributed by atoms with Crippen LogP contribution in [0.3, 0.4) is 0 Å². The molecule has 166 valence electrons. The fourth-order valence-electron chi connectivity index (χ4n) is 2.85. The molecule has 8 heteroatoms. The number of hydrogen-bond donors (Lipinski definition) is 1. The maximum absolute atomic E-state index is 13.7. The van der Waals surface area contributed by atoms with Gasteiger partial charge in [-0.25, -0.2) is 13.2 Å². The molecule has 0 saturated carbocycles. The van der Waals surface area contributed by atoms with Crippen molar-refractivity contribution in [1.82, 2.24) is 10.3 Å². The number of hydrogen-bond acceptors (Lipinski definition) is 3. The molecule has 3 aromatic carbocycles. The molecule has 4 nitrogen and oxygen atoms in total. The predicted octanol–water partition coefficient (Wildman–Crippen LogP) is 5.41. The van der Waals surface area contributed by atoms with E-state index >= 15 is 0 Å². The van der Waals surface area contributed by atoms with Crippen LogP contribution in [0.4, 0.5) is 13.2 Å². The van der Waals surface area contributed by atoms with Crippen molar-refractivity contribution >= 4 is 23.0 Å². The number of halogens is 3. The second-order valence-electron chi connectivity index (χ2n) is 7.15. The largest absolute Gasteiger partial charge is 0.489 e. The van der Waals surface area contributed by atoms with Gasteiger partial charge in [-0.3, -0.25) is 5.43 Å². The van der Waals surface area contributed by atoms with Crippen LogP contribution in [0.5, 0.6) is 5.75 Å². The number of benzene rings is 3. The first-order valence-corrected chi connectivity index (χ1v) is 10.2. The molecule has 0 aliphatic heterocycles. The lowest BCUT2D eigenvalue weighted by molar-refractivity contribution is 0.299. The SMILES string of the molecule is C/C(=N\NC(=S)N(C)Cc1cccc(F)c1)c1ccc(OCc2ccc(F)cc2F)cc1. The summed E-state index contributed by atoms with van der Waals surface area (Å²) in [5, 5.41) is 4.70. The van der Waals surface area contributed by atoms with Crippen molar-refractivity contribution in [1.29, 1.82) is 0 Å². The van der Waals surface area contributed by atoms with Gasteiger partial charge >= 0.3 is 0 Å². The van der Waals surface area contributed by atoms with E-state index in [0.29, 0.717) is 23.1 Å². The Morgan fingerprint density at radius 1 is 1.00 bits per heavy atom. The number of hydrazone groups is 1. The van der Waals surface area contributed by atoms with Gasteiger partial charge < -0.3 is 9.64 Å². The minimum absolute atomic E-state index is 0.00793. The minimum Gasteiger partial charge on any atom is -0.489 e. The molecule has 0 amide bonds. The van der Waals surface area contributed by atoms with Gasteiger partial charge in [0.1, 0.15) is 29.8 Å². The van der Waals surface area contributed by atoms with Gasteiger partial charge in [-0.2, -0.15) is 5.10 Å². The smallest absolute Gasteiger partial charge is 0.189 e. The summed E-state index contributed by atoms with van der Waals surface area (Å²) in [6, 6.07) is 16.8. The lowest BCUT2D eigenvalue weighted by atomic mass is 10.1. The van der Waals surface area contributed by atoms with Gasteiger partial charge in [-0.1, -0.05) is 12.1 Å². The van der Waals surface area contributed by atoms with Crippen molar-refractivity contribution < 1.29 is 17.9 Å². The van der Waals surface area contributed by atoms with Crippen molar-refractivity contribution in [2.24, 2.45) is 5.10 Å². The van der Waals surface area contributed by atoms with Crippen LogP contribution in [0.15, 0.2) is 71.8 Å². The quantitative estimate of drug-likeness (QED) is 0.292. The van der Waals surface area contributed by atoms with E-state index in [1.165, 1.54) is 24.3 Å². The molecule has 3 aromatic rings. The number of nitrogens with zero attached hydrogens (tertiary/aromatic N) is 2. The summed E-state index contributed by atoms with van der Waals surface area (Å²) < 4.78 is 45.6. The second-order valence-corrected chi connectivity index (χ2v) is 7.54. The number of thiocarbonyl (C=S) groups is 1. The Labute approximate surface area is 190 Å². The topological polar surface area (TPSA) is 36.9 Å². The van der Waals surface area contributed by atoms with Gasteiger partial charge in [-0.05, 0) is 78.8 Å². The molecule has 32 heavy (non-hydrogen) atoms. The minimum atomic E-state index is -0.644. The summed E-state index contributed by atoms with van der Waals surface area (Å²) in [6.07, 6.45) is 0. The maximum atomic E-state index is 13.7. The van der Waals surface area contributed by atoms with Gasteiger partial charge in [-0.15, -0.1) is 0 Å². The van der Waals surface area contributed by atoms with Gasteiger partial charge in [0, 0.05) is 25.2 Å². The lowest BCUT2D eigenvalue weighted by Gasteiger charge is -2.19. The third-order valence-electron chi connectivity index (χ3n) is 4.66. The summed E-state index contributed by atoms with van der Waals surface area (Å²) in [6.45, 7) is 2.26. The molecular formula is C24H22F3N3OS. The van der Waals surface area contributed by atoms with Crippen LogP contribution in [0.2, 0.25) is 0 Å². The Morgan fingerprint density at radius 3 is 2.41 bits per heavy atom. The first-order valence-electron chi connectivity index (χ1n) is 9.79. The second kappa shape index (κ2) is 10.8. The van der Waals surface area contributed by atoms with Crippen LogP contribution in [0.25, 0.3) is 0 Å². The molecule has 0 aliphatic rings. The summed E-state index contributed by atoms with van der Waals surface area (Å²) in [5.41, 5.74) is 5.44. The highest BCUT2D eigenvalue weighted by Gasteiger charge is 2.07. The molecule has 0 bridgehead atoms. The Morgan fingerprint density at radius 2 is 1.72 bits per heavy atom. The summed E-state index contributed by atoms with van der Waals surface area (Å²) in [7, 11) is 1.79. The van der Waals surface area contributed by atoms with Crippen LogP contribution >= 0.6 is 12.2 Å². The number of ether oxygens (including phenoxy) is 1. The lowest BCUT2D eigenvalue weighted by Crippen LogP contribution is -2.34. The van der Waals surface area contributed by atoms with E-state index in [9.17, 15) is 13.2 Å². The van der Waals surface area contributed by atoms with E-state index < -0.39 is 11.6 Å². The monoisotopic (exact) mass is 457 g/mol. The summed E-state index contributed by atoms with van der Waals surface area (Å²) in [5.74, 6) is -1.02.